The summed E-state index contributed by atoms with van der Waals surface area (Å²) in [6, 6.07) is 5.77. The Labute approximate surface area is 120 Å². The highest BCUT2D eigenvalue weighted by Gasteiger charge is 2.33. The largest absolute Gasteiger partial charge is 0.487 e. The normalized spacial score (nSPS) is 25.9. The van der Waals surface area contributed by atoms with Gasteiger partial charge in [-0.3, -0.25) is 4.79 Å². The molecule has 0 aliphatic carbocycles. The topological polar surface area (TPSA) is 38.8 Å². The third-order valence-corrected chi connectivity index (χ3v) is 4.02. The van der Waals surface area contributed by atoms with Crippen LogP contribution in [0.25, 0.3) is 0 Å². The van der Waals surface area contributed by atoms with Crippen LogP contribution in [0.1, 0.15) is 13.3 Å². The summed E-state index contributed by atoms with van der Waals surface area (Å²) in [6.07, 6.45) is 0.827. The fraction of sp³-hybridized carbons (Fsp3) is 0.500. The predicted octanol–water partition coefficient (Wildman–Crippen LogP) is 2.60. The van der Waals surface area contributed by atoms with Gasteiger partial charge in [0.1, 0.15) is 11.9 Å². The van der Waals surface area contributed by atoms with Gasteiger partial charge in [0.25, 0.3) is 0 Å². The number of rotatable bonds is 1. The van der Waals surface area contributed by atoms with Crippen molar-refractivity contribution in [2.24, 2.45) is 5.92 Å². The lowest BCUT2D eigenvalue weighted by molar-refractivity contribution is -0.122. The van der Waals surface area contributed by atoms with E-state index in [0.717, 1.165) is 22.3 Å². The van der Waals surface area contributed by atoms with Gasteiger partial charge in [-0.1, -0.05) is 15.9 Å². The summed E-state index contributed by atoms with van der Waals surface area (Å²) in [4.78, 5) is 14.4. The quantitative estimate of drug-likeness (QED) is 0.796. The Hall–Kier alpha value is -1.07. The van der Waals surface area contributed by atoms with Crippen molar-refractivity contribution >= 4 is 27.5 Å². The molecule has 0 saturated carbocycles. The number of ether oxygens (including phenoxy) is 2. The summed E-state index contributed by atoms with van der Waals surface area (Å²) in [7, 11) is 0. The predicted molar refractivity (Wildman–Crippen MR) is 75.5 cm³/mol. The highest BCUT2D eigenvalue weighted by Crippen LogP contribution is 2.37. The maximum Gasteiger partial charge on any atom is 0.232 e. The lowest BCUT2D eigenvalue weighted by atomic mass is 10.1. The molecule has 0 spiro atoms. The van der Waals surface area contributed by atoms with Gasteiger partial charge in [-0.05, 0) is 31.5 Å². The van der Waals surface area contributed by atoms with Crippen molar-refractivity contribution in [3.05, 3.63) is 22.7 Å². The van der Waals surface area contributed by atoms with Crippen LogP contribution < -0.4 is 9.64 Å². The maximum atomic E-state index is 12.6. The molecule has 5 heteroatoms. The second-order valence-corrected chi connectivity index (χ2v) is 5.97. The first-order valence-corrected chi connectivity index (χ1v) is 7.30. The SMILES string of the molecule is C[C@H]1CN(C(=O)[C@@H]2CCOC2)c2cc(Br)ccc2O1. The van der Waals surface area contributed by atoms with Crippen molar-refractivity contribution in [3.8, 4) is 5.75 Å². The molecule has 0 radical (unpaired) electrons. The van der Waals surface area contributed by atoms with Crippen LogP contribution in [0.3, 0.4) is 0 Å². The van der Waals surface area contributed by atoms with E-state index in [0.29, 0.717) is 19.8 Å². The monoisotopic (exact) mass is 325 g/mol. The standard InChI is InChI=1S/C14H16BrNO3/c1-9-7-16(14(17)10-4-5-18-8-10)12-6-11(15)2-3-13(12)19-9/h2-3,6,9-10H,4-5,7-8H2,1H3/t9-,10+/m0/s1. The van der Waals surface area contributed by atoms with E-state index in [9.17, 15) is 4.79 Å². The molecule has 3 rings (SSSR count). The molecule has 0 bridgehead atoms. The van der Waals surface area contributed by atoms with E-state index in [2.05, 4.69) is 15.9 Å². The molecule has 2 aliphatic rings. The van der Waals surface area contributed by atoms with Crippen LogP contribution in [0.4, 0.5) is 5.69 Å². The molecule has 2 atom stereocenters. The first kappa shape index (κ1) is 12.9. The number of halogens is 1. The Bertz CT molecular complexity index is 499. The van der Waals surface area contributed by atoms with Crippen LogP contribution in [-0.2, 0) is 9.53 Å². The Kier molecular flexibility index (Phi) is 3.50. The second kappa shape index (κ2) is 5.13. The van der Waals surface area contributed by atoms with Gasteiger partial charge >= 0.3 is 0 Å². The molecule has 1 amide bonds. The molecule has 0 aromatic heterocycles. The van der Waals surface area contributed by atoms with Crippen LogP contribution in [0.15, 0.2) is 22.7 Å². The fourth-order valence-corrected chi connectivity index (χ4v) is 2.92. The van der Waals surface area contributed by atoms with Crippen molar-refractivity contribution in [2.45, 2.75) is 19.4 Å². The smallest absolute Gasteiger partial charge is 0.232 e. The van der Waals surface area contributed by atoms with Crippen molar-refractivity contribution < 1.29 is 14.3 Å². The van der Waals surface area contributed by atoms with E-state index < -0.39 is 0 Å². The van der Waals surface area contributed by atoms with Gasteiger partial charge in [0.15, 0.2) is 0 Å². The number of hydrogen-bond donors (Lipinski definition) is 0. The van der Waals surface area contributed by atoms with Crippen molar-refractivity contribution in [2.75, 3.05) is 24.7 Å². The van der Waals surface area contributed by atoms with Crippen LogP contribution in [0.2, 0.25) is 0 Å². The Morgan fingerprint density at radius 1 is 1.47 bits per heavy atom. The van der Waals surface area contributed by atoms with Gasteiger partial charge in [-0.15, -0.1) is 0 Å². The van der Waals surface area contributed by atoms with Crippen LogP contribution in [-0.4, -0.2) is 31.8 Å². The number of carbonyl (C=O) groups excluding carboxylic acids is 1. The molecular weight excluding hydrogens is 310 g/mol. The molecule has 0 unspecified atom stereocenters. The lowest BCUT2D eigenvalue weighted by Gasteiger charge is -2.34. The van der Waals surface area contributed by atoms with E-state index in [1.54, 1.807) is 0 Å². The molecule has 0 N–H and O–H groups in total. The highest BCUT2D eigenvalue weighted by molar-refractivity contribution is 9.10. The van der Waals surface area contributed by atoms with Gasteiger partial charge in [0, 0.05) is 11.1 Å². The summed E-state index contributed by atoms with van der Waals surface area (Å²) >= 11 is 3.45. The lowest BCUT2D eigenvalue weighted by Crippen LogP contribution is -2.45. The van der Waals surface area contributed by atoms with Crippen molar-refractivity contribution in [3.63, 3.8) is 0 Å². The van der Waals surface area contributed by atoms with E-state index in [1.165, 1.54) is 0 Å². The Morgan fingerprint density at radius 3 is 3.05 bits per heavy atom. The molecule has 1 fully saturated rings. The number of benzene rings is 1. The average Bonchev–Trinajstić information content (AvgIpc) is 2.91. The molecule has 19 heavy (non-hydrogen) atoms. The third kappa shape index (κ3) is 2.49. The Balaban J connectivity index is 1.93. The molecule has 2 heterocycles. The van der Waals surface area contributed by atoms with E-state index in [-0.39, 0.29) is 17.9 Å². The van der Waals surface area contributed by atoms with Crippen molar-refractivity contribution in [1.82, 2.24) is 0 Å². The fourth-order valence-electron chi connectivity index (χ4n) is 2.57. The zero-order valence-corrected chi connectivity index (χ0v) is 12.4. The average molecular weight is 326 g/mol. The van der Waals surface area contributed by atoms with E-state index in [1.807, 2.05) is 30.0 Å². The van der Waals surface area contributed by atoms with Crippen LogP contribution >= 0.6 is 15.9 Å². The van der Waals surface area contributed by atoms with Gasteiger partial charge in [-0.25, -0.2) is 0 Å². The van der Waals surface area contributed by atoms with Crippen LogP contribution in [0, 0.1) is 5.92 Å². The summed E-state index contributed by atoms with van der Waals surface area (Å²) in [6.45, 7) is 3.80. The molecular formula is C14H16BrNO3. The first-order valence-electron chi connectivity index (χ1n) is 6.50. The van der Waals surface area contributed by atoms with Gasteiger partial charge < -0.3 is 14.4 Å². The zero-order valence-electron chi connectivity index (χ0n) is 10.8. The number of amides is 1. The molecule has 1 aromatic carbocycles. The molecule has 102 valence electrons. The second-order valence-electron chi connectivity index (χ2n) is 5.05. The third-order valence-electron chi connectivity index (χ3n) is 3.52. The minimum absolute atomic E-state index is 0.0138. The minimum atomic E-state index is -0.0165. The molecule has 1 saturated heterocycles. The number of carbonyl (C=O) groups is 1. The molecule has 2 aliphatic heterocycles. The molecule has 1 aromatic rings. The summed E-state index contributed by atoms with van der Waals surface area (Å²) in [5.41, 5.74) is 0.851. The number of anilines is 1. The number of hydrogen-bond acceptors (Lipinski definition) is 3. The zero-order chi connectivity index (χ0) is 13.4. The first-order chi connectivity index (χ1) is 9.15. The minimum Gasteiger partial charge on any atom is -0.487 e. The van der Waals surface area contributed by atoms with Crippen LogP contribution in [0.5, 0.6) is 5.75 Å². The Morgan fingerprint density at radius 2 is 2.32 bits per heavy atom. The summed E-state index contributed by atoms with van der Waals surface area (Å²) < 4.78 is 12.1. The molecule has 4 nitrogen and oxygen atoms in total. The maximum absolute atomic E-state index is 12.6. The van der Waals surface area contributed by atoms with E-state index >= 15 is 0 Å². The number of nitrogens with zero attached hydrogens (tertiary/aromatic N) is 1. The van der Waals surface area contributed by atoms with Gasteiger partial charge in [0.05, 0.1) is 24.8 Å². The van der Waals surface area contributed by atoms with E-state index in [4.69, 9.17) is 9.47 Å². The van der Waals surface area contributed by atoms with Crippen molar-refractivity contribution in [1.29, 1.82) is 0 Å². The van der Waals surface area contributed by atoms with Gasteiger partial charge in [-0.2, -0.15) is 0 Å². The number of fused-ring (bicyclic) bond motifs is 1. The summed E-state index contributed by atoms with van der Waals surface area (Å²) in [5, 5.41) is 0. The van der Waals surface area contributed by atoms with Gasteiger partial charge in [0.2, 0.25) is 5.91 Å². The summed E-state index contributed by atoms with van der Waals surface area (Å²) in [5.74, 6) is 0.901. The highest BCUT2D eigenvalue weighted by atomic mass is 79.9.